The van der Waals surface area contributed by atoms with Crippen LogP contribution in [0.25, 0.3) is 0 Å². The van der Waals surface area contributed by atoms with Crippen LogP contribution in [0.1, 0.15) is 115 Å². The molecular formula is C30H47Cu2O7S2. The molecule has 0 saturated heterocycles. The molecule has 0 unspecified atom stereocenters. The Morgan fingerprint density at radius 2 is 0.805 bits per heavy atom. The quantitative estimate of drug-likeness (QED) is 0.0982. The van der Waals surface area contributed by atoms with Crippen LogP contribution in [0, 0.1) is 0 Å². The van der Waals surface area contributed by atoms with E-state index < -0.39 is 20.2 Å². The zero-order valence-electron chi connectivity index (χ0n) is 24.2. The fourth-order valence-electron chi connectivity index (χ4n) is 4.45. The molecule has 1 N–H and O–H groups in total. The molecule has 0 aromatic heterocycles. The zero-order chi connectivity index (χ0) is 30.3. The summed E-state index contributed by atoms with van der Waals surface area (Å²) in [4.78, 5) is -0.109. The number of benzene rings is 2. The van der Waals surface area contributed by atoms with Gasteiger partial charge in [0.25, 0.3) is 0 Å². The van der Waals surface area contributed by atoms with Crippen molar-refractivity contribution in [3.05, 3.63) is 59.7 Å². The summed E-state index contributed by atoms with van der Waals surface area (Å²) < 4.78 is 73.2. The van der Waals surface area contributed by atoms with Gasteiger partial charge in [-0.15, -0.1) is 0 Å². The third-order valence-electron chi connectivity index (χ3n) is 6.58. The van der Waals surface area contributed by atoms with E-state index in [0.717, 1.165) is 25.7 Å². The predicted octanol–water partition coefficient (Wildman–Crippen LogP) is 7.21. The van der Waals surface area contributed by atoms with E-state index in [1.54, 1.807) is 36.4 Å². The molecule has 0 aliphatic rings. The number of hydrogen-bond donors (Lipinski definition) is 1. The van der Waals surface area contributed by atoms with Gasteiger partial charge in [0, 0.05) is 17.1 Å². The molecule has 0 bridgehead atoms. The van der Waals surface area contributed by atoms with Crippen LogP contribution in [0.4, 0.5) is 0 Å². The van der Waals surface area contributed by atoms with Crippen LogP contribution in [0.3, 0.4) is 0 Å². The van der Waals surface area contributed by atoms with Crippen LogP contribution < -0.4 is 0 Å². The molecular weight excluding hydrogens is 664 g/mol. The minimum absolute atomic E-state index is 0. The summed E-state index contributed by atoms with van der Waals surface area (Å²) in [5.74, 6) is 0. The maximum absolute atomic E-state index is 11.1. The predicted molar refractivity (Wildman–Crippen MR) is 154 cm³/mol. The normalized spacial score (nSPS) is 11.0. The van der Waals surface area contributed by atoms with Crippen molar-refractivity contribution in [2.45, 2.75) is 126 Å². The molecule has 7 nitrogen and oxygen atoms in total. The Hall–Kier alpha value is -0.741. The molecule has 11 heteroatoms. The molecule has 243 valence electrons. The number of rotatable bonds is 18. The fourth-order valence-corrected chi connectivity index (χ4v) is 5.93. The van der Waals surface area contributed by atoms with Gasteiger partial charge in [0.2, 0.25) is 0 Å². The van der Waals surface area contributed by atoms with Crippen molar-refractivity contribution in [1.82, 2.24) is 0 Å². The Bertz CT molecular complexity index is 1040. The second kappa shape index (κ2) is 25.7. The van der Waals surface area contributed by atoms with E-state index in [0.29, 0.717) is 24.0 Å². The SMILES string of the molecule is CCCCCCCCCc1ccccc1S(=O)(=O)[O-].CCCCCCCCCc1ccccc1S(=O)(=O)[O-].[Cu].[OH][Cu+2]. The van der Waals surface area contributed by atoms with Crippen molar-refractivity contribution in [2.24, 2.45) is 0 Å². The average Bonchev–Trinajstić information content (AvgIpc) is 2.93. The number of hydrogen-bond acceptors (Lipinski definition) is 7. The summed E-state index contributed by atoms with van der Waals surface area (Å²) in [5, 5.41) is 0. The van der Waals surface area contributed by atoms with E-state index in [9.17, 15) is 25.9 Å². The Morgan fingerprint density at radius 1 is 0.537 bits per heavy atom. The van der Waals surface area contributed by atoms with E-state index in [-0.39, 0.29) is 26.9 Å². The van der Waals surface area contributed by atoms with Gasteiger partial charge in [-0.25, -0.2) is 16.8 Å². The van der Waals surface area contributed by atoms with Gasteiger partial charge in [0.15, 0.2) is 0 Å². The summed E-state index contributed by atoms with van der Waals surface area (Å²) >= 11 is 3.19. The van der Waals surface area contributed by atoms with Crippen molar-refractivity contribution in [2.75, 3.05) is 0 Å². The van der Waals surface area contributed by atoms with E-state index in [1.807, 2.05) is 0 Å². The molecule has 0 aliphatic carbocycles. The molecule has 41 heavy (non-hydrogen) atoms. The first-order chi connectivity index (χ1) is 19.1. The standard InChI is InChI=1S/2C15H24O3S.2Cu.H2O/c2*1-2-3-4-5-6-7-8-11-14-12-9-10-13-15(14)19(16,17)18;;;/h2*9-10,12-13H,2-8,11H2,1H3,(H,16,17,18);;;1H2/q;;;+3;/p-3. The Morgan fingerprint density at radius 3 is 1.10 bits per heavy atom. The zero-order valence-corrected chi connectivity index (χ0v) is 27.8. The monoisotopic (exact) mass is 709 g/mol. The van der Waals surface area contributed by atoms with Gasteiger partial charge in [-0.3, -0.25) is 0 Å². The summed E-state index contributed by atoms with van der Waals surface area (Å²) in [6, 6.07) is 13.0. The van der Waals surface area contributed by atoms with Crippen molar-refractivity contribution in [3.8, 4) is 0 Å². The van der Waals surface area contributed by atoms with E-state index in [2.05, 4.69) is 30.2 Å². The molecule has 2 rings (SSSR count). The van der Waals surface area contributed by atoms with Gasteiger partial charge in [0.1, 0.15) is 20.2 Å². The molecule has 0 amide bonds. The second-order valence-corrected chi connectivity index (χ2v) is 12.6. The van der Waals surface area contributed by atoms with Crippen LogP contribution in [0.2, 0.25) is 0 Å². The van der Waals surface area contributed by atoms with Gasteiger partial charge in [0.05, 0.1) is 9.79 Å². The van der Waals surface area contributed by atoms with Crippen molar-refractivity contribution < 1.29 is 63.5 Å². The third kappa shape index (κ3) is 20.7. The first kappa shape index (κ1) is 42.4. The van der Waals surface area contributed by atoms with Crippen LogP contribution in [0.15, 0.2) is 58.3 Å². The summed E-state index contributed by atoms with van der Waals surface area (Å²) in [6.07, 6.45) is 17.9. The first-order valence-electron chi connectivity index (χ1n) is 14.3. The summed E-state index contributed by atoms with van der Waals surface area (Å²) in [6.45, 7) is 4.39. The Labute approximate surface area is 268 Å². The fraction of sp³-hybridized carbons (Fsp3) is 0.600. The van der Waals surface area contributed by atoms with E-state index >= 15 is 0 Å². The Balaban J connectivity index is 0. The topological polar surface area (TPSA) is 135 Å². The molecule has 2 aromatic rings. The van der Waals surface area contributed by atoms with Crippen LogP contribution in [0.5, 0.6) is 0 Å². The van der Waals surface area contributed by atoms with Crippen LogP contribution >= 0.6 is 0 Å². The number of unbranched alkanes of at least 4 members (excludes halogenated alkanes) is 12. The Kier molecular flexibility index (Phi) is 26.6. The van der Waals surface area contributed by atoms with Gasteiger partial charge >= 0.3 is 20.5 Å². The summed E-state index contributed by atoms with van der Waals surface area (Å²) in [7, 11) is -8.68. The molecule has 0 spiro atoms. The van der Waals surface area contributed by atoms with Crippen LogP contribution in [-0.2, 0) is 66.5 Å². The van der Waals surface area contributed by atoms with Gasteiger partial charge < -0.3 is 9.11 Å². The van der Waals surface area contributed by atoms with Crippen molar-refractivity contribution >= 4 is 20.2 Å². The molecule has 0 fully saturated rings. The van der Waals surface area contributed by atoms with Gasteiger partial charge in [-0.05, 0) is 48.9 Å². The molecule has 1 radical (unpaired) electrons. The van der Waals surface area contributed by atoms with Crippen molar-refractivity contribution in [1.29, 1.82) is 0 Å². The molecule has 2 aromatic carbocycles. The molecule has 0 atom stereocenters. The second-order valence-electron chi connectivity index (χ2n) is 9.87. The molecule has 0 heterocycles. The third-order valence-corrected chi connectivity index (χ3v) is 8.46. The minimum atomic E-state index is -4.34. The van der Waals surface area contributed by atoms with E-state index in [1.165, 1.54) is 76.3 Å². The van der Waals surface area contributed by atoms with Crippen LogP contribution in [-0.4, -0.2) is 30.1 Å². The molecule has 0 aliphatic heterocycles. The van der Waals surface area contributed by atoms with Gasteiger partial charge in [-0.2, -0.15) is 0 Å². The molecule has 0 saturated carbocycles. The van der Waals surface area contributed by atoms with E-state index in [4.69, 9.17) is 4.19 Å². The number of aryl methyl sites for hydroxylation is 2. The average molecular weight is 711 g/mol. The van der Waals surface area contributed by atoms with Crippen molar-refractivity contribution in [3.63, 3.8) is 0 Å². The maximum atomic E-state index is 11.1. The van der Waals surface area contributed by atoms with Gasteiger partial charge in [-0.1, -0.05) is 127 Å². The summed E-state index contributed by atoms with van der Waals surface area (Å²) in [5.41, 5.74) is 1.32. The first-order valence-corrected chi connectivity index (χ1v) is 17.6.